The van der Waals surface area contributed by atoms with Crippen LogP contribution in [0.25, 0.3) is 0 Å². The number of non-ortho nitro benzene ring substituents is 2. The molecule has 0 atom stereocenters. The lowest BCUT2D eigenvalue weighted by molar-refractivity contribution is -0.394. The van der Waals surface area contributed by atoms with Gasteiger partial charge in [-0.05, 0) is 13.8 Å². The number of aromatic carboxylic acids is 1. The summed E-state index contributed by atoms with van der Waals surface area (Å²) in [5.41, 5.74) is -2.49. The van der Waals surface area contributed by atoms with Crippen molar-refractivity contribution in [2.45, 2.75) is 33.3 Å². The molecular weight excluding hydrogens is 344 g/mol. The quantitative estimate of drug-likeness (QED) is 0.443. The molecule has 142 valence electrons. The molecule has 0 saturated carbocycles. The van der Waals surface area contributed by atoms with Gasteiger partial charge in [0.1, 0.15) is 0 Å². The Morgan fingerprint density at radius 3 is 1.73 bits per heavy atom. The molecule has 26 heavy (non-hydrogen) atoms. The minimum atomic E-state index is -1.46. The van der Waals surface area contributed by atoms with Crippen molar-refractivity contribution in [3.8, 4) is 0 Å². The van der Waals surface area contributed by atoms with Crippen LogP contribution in [-0.2, 0) is 0 Å². The van der Waals surface area contributed by atoms with Crippen LogP contribution in [-0.4, -0.2) is 31.6 Å². The Kier molecular flexibility index (Phi) is 7.81. The highest BCUT2D eigenvalue weighted by atomic mass is 16.6. The summed E-state index contributed by atoms with van der Waals surface area (Å²) in [6, 6.07) is 2.22. The van der Waals surface area contributed by atoms with Gasteiger partial charge >= 0.3 is 5.97 Å². The van der Waals surface area contributed by atoms with E-state index in [1.165, 1.54) is 0 Å². The zero-order valence-electron chi connectivity index (χ0n) is 15.0. The molecule has 1 aromatic rings. The van der Waals surface area contributed by atoms with Gasteiger partial charge in [0.2, 0.25) is 0 Å². The van der Waals surface area contributed by atoms with Gasteiger partial charge in [0.05, 0.1) is 27.1 Å². The highest BCUT2D eigenvalue weighted by Crippen LogP contribution is 2.22. The smallest absolute Gasteiger partial charge is 0.336 e. The number of carboxylic acids is 1. The van der Waals surface area contributed by atoms with Crippen LogP contribution in [0.15, 0.2) is 43.0 Å². The molecule has 0 radical (unpaired) electrons. The van der Waals surface area contributed by atoms with Crippen LogP contribution in [0.5, 0.6) is 0 Å². The van der Waals surface area contributed by atoms with E-state index in [1.807, 2.05) is 26.0 Å². The van der Waals surface area contributed by atoms with Gasteiger partial charge in [0, 0.05) is 17.5 Å². The van der Waals surface area contributed by atoms with Crippen LogP contribution >= 0.6 is 0 Å². The maximum absolute atomic E-state index is 10.5. The Morgan fingerprint density at radius 1 is 1.04 bits per heavy atom. The molecule has 0 aromatic heterocycles. The molecule has 0 aliphatic rings. The summed E-state index contributed by atoms with van der Waals surface area (Å²) in [6.07, 6.45) is 5.60. The lowest BCUT2D eigenvalue weighted by Crippen LogP contribution is -2.15. The van der Waals surface area contributed by atoms with E-state index in [2.05, 4.69) is 6.58 Å². The molecule has 1 aromatic carbocycles. The number of benzene rings is 1. The number of allylic oxidation sites excluding steroid dienone is 2. The topological polar surface area (TPSA) is 144 Å². The Hall–Kier alpha value is -3.07. The van der Waals surface area contributed by atoms with Crippen molar-refractivity contribution in [3.05, 3.63) is 68.8 Å². The van der Waals surface area contributed by atoms with Gasteiger partial charge in [-0.15, -0.1) is 6.58 Å². The lowest BCUT2D eigenvalue weighted by Gasteiger charge is -2.17. The van der Waals surface area contributed by atoms with E-state index in [9.17, 15) is 30.1 Å². The van der Waals surface area contributed by atoms with Crippen LogP contribution in [0.1, 0.15) is 38.1 Å². The molecule has 9 heteroatoms. The molecule has 0 saturated heterocycles. The van der Waals surface area contributed by atoms with Crippen LogP contribution in [0.3, 0.4) is 0 Å². The number of nitro groups is 2. The van der Waals surface area contributed by atoms with Gasteiger partial charge in [0.15, 0.2) is 0 Å². The zero-order valence-corrected chi connectivity index (χ0v) is 15.0. The SMILES string of the molecule is C=CC(C)(C)C=CC(C)(C)O.O=C(O)c1cc([N+](=O)[O-])cc([N+](=O)[O-])c1. The Bertz CT molecular complexity index is 652. The predicted molar refractivity (Wildman–Crippen MR) is 96.1 cm³/mol. The third-order valence-electron chi connectivity index (χ3n) is 3.02. The van der Waals surface area contributed by atoms with E-state index >= 15 is 0 Å². The molecular formula is C17H22N2O7. The minimum absolute atomic E-state index is 0.0278. The minimum Gasteiger partial charge on any atom is -0.478 e. The van der Waals surface area contributed by atoms with Crippen molar-refractivity contribution >= 4 is 17.3 Å². The molecule has 0 heterocycles. The van der Waals surface area contributed by atoms with Crippen molar-refractivity contribution in [2.24, 2.45) is 5.41 Å². The number of rotatable bonds is 6. The first-order valence-corrected chi connectivity index (χ1v) is 7.42. The Labute approximate surface area is 150 Å². The first-order valence-electron chi connectivity index (χ1n) is 7.42. The summed E-state index contributed by atoms with van der Waals surface area (Å²) in [5.74, 6) is -1.46. The number of carboxylic acid groups (broad SMARTS) is 1. The fourth-order valence-corrected chi connectivity index (χ4v) is 1.42. The van der Waals surface area contributed by atoms with Crippen molar-refractivity contribution in [1.82, 2.24) is 0 Å². The third kappa shape index (κ3) is 8.69. The summed E-state index contributed by atoms with van der Waals surface area (Å²) < 4.78 is 0. The van der Waals surface area contributed by atoms with Crippen molar-refractivity contribution < 1.29 is 24.9 Å². The van der Waals surface area contributed by atoms with Gasteiger partial charge < -0.3 is 10.2 Å². The molecule has 2 N–H and O–H groups in total. The number of nitro benzene ring substituents is 2. The number of carbonyl (C=O) groups is 1. The maximum Gasteiger partial charge on any atom is 0.336 e. The molecule has 0 amide bonds. The molecule has 9 nitrogen and oxygen atoms in total. The second-order valence-corrected chi connectivity index (χ2v) is 6.57. The van der Waals surface area contributed by atoms with Crippen molar-refractivity contribution in [3.63, 3.8) is 0 Å². The molecule has 0 fully saturated rings. The van der Waals surface area contributed by atoms with Gasteiger partial charge in [-0.1, -0.05) is 32.1 Å². The summed E-state index contributed by atoms with van der Waals surface area (Å²) >= 11 is 0. The first-order chi connectivity index (χ1) is 11.7. The van der Waals surface area contributed by atoms with Crippen molar-refractivity contribution in [1.29, 1.82) is 0 Å². The molecule has 0 aliphatic carbocycles. The molecule has 0 bridgehead atoms. The number of hydrogen-bond acceptors (Lipinski definition) is 6. The summed E-state index contributed by atoms with van der Waals surface area (Å²) in [4.78, 5) is 29.4. The van der Waals surface area contributed by atoms with E-state index in [-0.39, 0.29) is 5.41 Å². The van der Waals surface area contributed by atoms with E-state index < -0.39 is 38.4 Å². The van der Waals surface area contributed by atoms with Gasteiger partial charge in [-0.25, -0.2) is 4.79 Å². The van der Waals surface area contributed by atoms with Crippen LogP contribution in [0.2, 0.25) is 0 Å². The second kappa shape index (κ2) is 8.86. The van der Waals surface area contributed by atoms with E-state index in [0.29, 0.717) is 6.07 Å². The van der Waals surface area contributed by atoms with Crippen LogP contribution < -0.4 is 0 Å². The van der Waals surface area contributed by atoms with Gasteiger partial charge in [0.25, 0.3) is 11.4 Å². The van der Waals surface area contributed by atoms with E-state index in [4.69, 9.17) is 5.11 Å². The number of aliphatic hydroxyl groups is 1. The zero-order chi connectivity index (χ0) is 20.7. The van der Waals surface area contributed by atoms with Crippen LogP contribution in [0.4, 0.5) is 11.4 Å². The largest absolute Gasteiger partial charge is 0.478 e. The average Bonchev–Trinajstić information content (AvgIpc) is 2.52. The third-order valence-corrected chi connectivity index (χ3v) is 3.02. The highest BCUT2D eigenvalue weighted by Gasteiger charge is 2.19. The normalized spacial score (nSPS) is 11.4. The lowest BCUT2D eigenvalue weighted by atomic mass is 9.91. The molecule has 0 aliphatic heterocycles. The standard InChI is InChI=1S/C10H18O.C7H4N2O6/c1-6-9(2,3)7-8-10(4,5)11;10-7(11)4-1-5(8(12)13)3-6(2-4)9(14)15/h6-8,11H,1H2,2-5H3;1-3H,(H,10,11). The van der Waals surface area contributed by atoms with Crippen LogP contribution in [0, 0.1) is 25.6 Å². The summed E-state index contributed by atoms with van der Waals surface area (Å²) in [7, 11) is 0. The molecule has 0 spiro atoms. The Balaban J connectivity index is 0.000000508. The molecule has 0 unspecified atom stereocenters. The van der Waals surface area contributed by atoms with Gasteiger partial charge in [-0.2, -0.15) is 0 Å². The van der Waals surface area contributed by atoms with Gasteiger partial charge in [-0.3, -0.25) is 20.2 Å². The summed E-state index contributed by atoms with van der Waals surface area (Å²) in [6.45, 7) is 11.3. The average molecular weight is 366 g/mol. The fourth-order valence-electron chi connectivity index (χ4n) is 1.42. The number of hydrogen-bond donors (Lipinski definition) is 2. The van der Waals surface area contributed by atoms with E-state index in [0.717, 1.165) is 12.1 Å². The van der Waals surface area contributed by atoms with Crippen molar-refractivity contribution in [2.75, 3.05) is 0 Å². The maximum atomic E-state index is 10.5. The van der Waals surface area contributed by atoms with E-state index in [1.54, 1.807) is 19.9 Å². The second-order valence-electron chi connectivity index (χ2n) is 6.57. The first kappa shape index (κ1) is 22.9. The monoisotopic (exact) mass is 366 g/mol. The molecule has 1 rings (SSSR count). The highest BCUT2D eigenvalue weighted by molar-refractivity contribution is 5.89. The fraction of sp³-hybridized carbons (Fsp3) is 0.353. The Morgan fingerprint density at radius 2 is 1.46 bits per heavy atom. The summed E-state index contributed by atoms with van der Waals surface area (Å²) in [5, 5.41) is 38.6. The number of nitrogens with zero attached hydrogens (tertiary/aromatic N) is 2. The predicted octanol–water partition coefficient (Wildman–Crippen LogP) is 3.73.